The molecule has 140 valence electrons. The van der Waals surface area contributed by atoms with Gasteiger partial charge in [-0.25, -0.2) is 4.98 Å². The number of hydrogen-bond acceptors (Lipinski definition) is 3. The molecule has 0 saturated heterocycles. The first kappa shape index (κ1) is 18.6. The number of anilines is 1. The van der Waals surface area contributed by atoms with Gasteiger partial charge in [0.2, 0.25) is 5.91 Å². The Hall–Kier alpha value is -2.17. The number of nitrogens with one attached hydrogen (secondary N) is 1. The van der Waals surface area contributed by atoms with Gasteiger partial charge in [0.1, 0.15) is 11.3 Å². The average molecular weight is 355 g/mol. The van der Waals surface area contributed by atoms with Crippen LogP contribution < -0.4 is 10.9 Å². The number of fused-ring (bicyclic) bond motifs is 1. The van der Waals surface area contributed by atoms with Crippen LogP contribution in [0.25, 0.3) is 5.65 Å². The Balaban J connectivity index is 1.73. The van der Waals surface area contributed by atoms with E-state index in [0.717, 1.165) is 37.2 Å². The number of carbonyl (C=O) groups excluding carboxylic acids is 1. The van der Waals surface area contributed by atoms with Crippen LogP contribution in [0.5, 0.6) is 0 Å². The van der Waals surface area contributed by atoms with Crippen molar-refractivity contribution in [2.24, 2.45) is 11.8 Å². The molecule has 26 heavy (non-hydrogen) atoms. The minimum absolute atomic E-state index is 0.00452. The van der Waals surface area contributed by atoms with Crippen LogP contribution in [0.4, 0.5) is 5.69 Å². The zero-order valence-corrected chi connectivity index (χ0v) is 16.0. The summed E-state index contributed by atoms with van der Waals surface area (Å²) in [5, 5.41) is 2.88. The Morgan fingerprint density at radius 3 is 2.65 bits per heavy atom. The summed E-state index contributed by atoms with van der Waals surface area (Å²) in [4.78, 5) is 30.0. The van der Waals surface area contributed by atoms with E-state index in [0.29, 0.717) is 17.0 Å². The SMILES string of the molecule is CCCCC1CCC(C(=O)Nc2c(C)nc3ccc(C)cn3c2=O)CC1. The molecule has 0 aromatic carbocycles. The van der Waals surface area contributed by atoms with E-state index in [2.05, 4.69) is 17.2 Å². The van der Waals surface area contributed by atoms with E-state index < -0.39 is 0 Å². The van der Waals surface area contributed by atoms with E-state index in [4.69, 9.17) is 0 Å². The molecule has 0 atom stereocenters. The second-order valence-corrected chi connectivity index (χ2v) is 7.66. The minimum atomic E-state index is -0.207. The van der Waals surface area contributed by atoms with Gasteiger partial charge in [0.25, 0.3) is 5.56 Å². The van der Waals surface area contributed by atoms with Crippen LogP contribution in [0, 0.1) is 25.7 Å². The zero-order valence-electron chi connectivity index (χ0n) is 16.0. The van der Waals surface area contributed by atoms with Crippen LogP contribution in [0.3, 0.4) is 0 Å². The number of carbonyl (C=O) groups is 1. The third kappa shape index (κ3) is 3.97. The lowest BCUT2D eigenvalue weighted by Crippen LogP contribution is -2.31. The normalized spacial score (nSPS) is 20.3. The van der Waals surface area contributed by atoms with Crippen LogP contribution in [-0.2, 0) is 4.79 Å². The summed E-state index contributed by atoms with van der Waals surface area (Å²) in [6.45, 7) is 5.93. The highest BCUT2D eigenvalue weighted by Gasteiger charge is 2.27. The molecule has 0 bridgehead atoms. The molecule has 1 aliphatic carbocycles. The van der Waals surface area contributed by atoms with Crippen molar-refractivity contribution in [2.45, 2.75) is 65.7 Å². The summed E-state index contributed by atoms with van der Waals surface area (Å²) in [7, 11) is 0. The van der Waals surface area contributed by atoms with E-state index in [1.807, 2.05) is 19.1 Å². The molecule has 5 heteroatoms. The Morgan fingerprint density at radius 1 is 1.23 bits per heavy atom. The number of rotatable bonds is 5. The van der Waals surface area contributed by atoms with Crippen LogP contribution in [0.1, 0.15) is 63.1 Å². The Bertz CT molecular complexity index is 848. The summed E-state index contributed by atoms with van der Waals surface area (Å²) in [6.07, 6.45) is 9.62. The number of aryl methyl sites for hydroxylation is 2. The highest BCUT2D eigenvalue weighted by Crippen LogP contribution is 2.32. The Morgan fingerprint density at radius 2 is 1.96 bits per heavy atom. The summed E-state index contributed by atoms with van der Waals surface area (Å²) >= 11 is 0. The molecular formula is C21H29N3O2. The van der Waals surface area contributed by atoms with Gasteiger partial charge >= 0.3 is 0 Å². The van der Waals surface area contributed by atoms with Gasteiger partial charge in [-0.3, -0.25) is 14.0 Å². The predicted octanol–water partition coefficient (Wildman–Crippen LogP) is 4.25. The summed E-state index contributed by atoms with van der Waals surface area (Å²) in [6, 6.07) is 3.75. The number of unbranched alkanes of at least 4 members (excludes halogenated alkanes) is 1. The quantitative estimate of drug-likeness (QED) is 0.872. The van der Waals surface area contributed by atoms with Gasteiger partial charge in [-0.15, -0.1) is 0 Å². The molecule has 2 heterocycles. The van der Waals surface area contributed by atoms with Crippen LogP contribution in [0.15, 0.2) is 23.1 Å². The number of amides is 1. The number of aromatic nitrogens is 2. The monoisotopic (exact) mass is 355 g/mol. The van der Waals surface area contributed by atoms with Gasteiger partial charge in [0, 0.05) is 12.1 Å². The summed E-state index contributed by atoms with van der Waals surface area (Å²) in [5.74, 6) is 0.732. The first-order chi connectivity index (χ1) is 12.5. The second-order valence-electron chi connectivity index (χ2n) is 7.66. The van der Waals surface area contributed by atoms with Gasteiger partial charge in [-0.05, 0) is 57.1 Å². The zero-order chi connectivity index (χ0) is 18.7. The lowest BCUT2D eigenvalue weighted by molar-refractivity contribution is -0.121. The minimum Gasteiger partial charge on any atom is -0.320 e. The molecule has 0 spiro atoms. The summed E-state index contributed by atoms with van der Waals surface area (Å²) in [5.41, 5.74) is 2.26. The van der Waals surface area contributed by atoms with Gasteiger partial charge in [-0.2, -0.15) is 0 Å². The molecule has 0 radical (unpaired) electrons. The van der Waals surface area contributed by atoms with Gasteiger partial charge in [-0.1, -0.05) is 32.3 Å². The van der Waals surface area contributed by atoms with Crippen molar-refractivity contribution in [3.8, 4) is 0 Å². The first-order valence-corrected chi connectivity index (χ1v) is 9.80. The van der Waals surface area contributed by atoms with E-state index in [1.54, 1.807) is 13.1 Å². The molecule has 2 aromatic rings. The van der Waals surface area contributed by atoms with Crippen molar-refractivity contribution < 1.29 is 4.79 Å². The number of hydrogen-bond donors (Lipinski definition) is 1. The third-order valence-corrected chi connectivity index (χ3v) is 5.58. The molecule has 1 fully saturated rings. The molecule has 1 aliphatic rings. The Labute approximate surface area is 154 Å². The van der Waals surface area contributed by atoms with Crippen molar-refractivity contribution in [1.82, 2.24) is 9.38 Å². The third-order valence-electron chi connectivity index (χ3n) is 5.58. The number of nitrogens with zero attached hydrogens (tertiary/aromatic N) is 2. The number of pyridine rings is 1. The first-order valence-electron chi connectivity index (χ1n) is 9.80. The largest absolute Gasteiger partial charge is 0.320 e. The van der Waals surface area contributed by atoms with E-state index in [9.17, 15) is 9.59 Å². The van der Waals surface area contributed by atoms with Crippen molar-refractivity contribution in [3.05, 3.63) is 39.9 Å². The van der Waals surface area contributed by atoms with Crippen molar-refractivity contribution in [1.29, 1.82) is 0 Å². The Kier molecular flexibility index (Phi) is 5.74. The maximum absolute atomic E-state index is 12.8. The molecule has 0 unspecified atom stereocenters. The fourth-order valence-corrected chi connectivity index (χ4v) is 3.93. The van der Waals surface area contributed by atoms with E-state index in [-0.39, 0.29) is 17.4 Å². The van der Waals surface area contributed by atoms with Gasteiger partial charge < -0.3 is 5.32 Å². The van der Waals surface area contributed by atoms with Crippen LogP contribution in [0.2, 0.25) is 0 Å². The molecule has 1 N–H and O–H groups in total. The molecule has 0 aliphatic heterocycles. The lowest BCUT2D eigenvalue weighted by Gasteiger charge is -2.27. The maximum Gasteiger partial charge on any atom is 0.281 e. The second kappa shape index (κ2) is 8.02. The van der Waals surface area contributed by atoms with Gasteiger partial charge in [0.15, 0.2) is 0 Å². The fraction of sp³-hybridized carbons (Fsp3) is 0.571. The fourth-order valence-electron chi connectivity index (χ4n) is 3.93. The van der Waals surface area contributed by atoms with E-state index in [1.165, 1.54) is 23.7 Å². The van der Waals surface area contributed by atoms with Crippen LogP contribution in [-0.4, -0.2) is 15.3 Å². The van der Waals surface area contributed by atoms with E-state index >= 15 is 0 Å². The highest BCUT2D eigenvalue weighted by atomic mass is 16.2. The lowest BCUT2D eigenvalue weighted by atomic mass is 9.79. The maximum atomic E-state index is 12.8. The smallest absolute Gasteiger partial charge is 0.281 e. The summed E-state index contributed by atoms with van der Waals surface area (Å²) < 4.78 is 1.51. The van der Waals surface area contributed by atoms with Crippen LogP contribution >= 0.6 is 0 Å². The van der Waals surface area contributed by atoms with Crippen molar-refractivity contribution in [3.63, 3.8) is 0 Å². The van der Waals surface area contributed by atoms with Crippen molar-refractivity contribution >= 4 is 17.2 Å². The highest BCUT2D eigenvalue weighted by molar-refractivity contribution is 5.93. The molecule has 2 aromatic heterocycles. The molecule has 3 rings (SSSR count). The standard InChI is InChI=1S/C21H29N3O2/c1-4-5-6-16-8-10-17(11-9-16)20(25)23-19-15(3)22-18-12-7-14(2)13-24(18)21(19)26/h7,12-13,16-17H,4-6,8-11H2,1-3H3,(H,23,25). The topological polar surface area (TPSA) is 63.5 Å². The molecule has 1 saturated carbocycles. The average Bonchev–Trinajstić information content (AvgIpc) is 2.64. The predicted molar refractivity (Wildman–Crippen MR) is 105 cm³/mol. The molecular weight excluding hydrogens is 326 g/mol. The van der Waals surface area contributed by atoms with Crippen molar-refractivity contribution in [2.75, 3.05) is 5.32 Å². The van der Waals surface area contributed by atoms with Gasteiger partial charge in [0.05, 0.1) is 5.69 Å². The molecule has 5 nitrogen and oxygen atoms in total. The molecule has 1 amide bonds.